The fraction of sp³-hybridized carbons (Fsp3) is 0.400. The zero-order valence-electron chi connectivity index (χ0n) is 12.1. The molecule has 0 spiro atoms. The van der Waals surface area contributed by atoms with Crippen LogP contribution in [-0.4, -0.2) is 21.4 Å². The van der Waals surface area contributed by atoms with Crippen LogP contribution >= 0.6 is 0 Å². The lowest BCUT2D eigenvalue weighted by Crippen LogP contribution is -2.21. The minimum absolute atomic E-state index is 0.296. The SMILES string of the molecule is COC(=O)c1ccc(CC/C=C/O[Si](C)(C)C)cc1. The van der Waals surface area contributed by atoms with Crippen molar-refractivity contribution in [2.24, 2.45) is 0 Å². The molecule has 104 valence electrons. The molecular formula is C15H22O3Si. The number of ether oxygens (including phenoxy) is 1. The van der Waals surface area contributed by atoms with E-state index in [0.717, 1.165) is 12.8 Å². The van der Waals surface area contributed by atoms with E-state index in [4.69, 9.17) is 4.43 Å². The van der Waals surface area contributed by atoms with E-state index in [1.807, 2.05) is 24.5 Å². The summed E-state index contributed by atoms with van der Waals surface area (Å²) in [5.41, 5.74) is 1.79. The molecule has 0 N–H and O–H groups in total. The van der Waals surface area contributed by atoms with E-state index in [-0.39, 0.29) is 5.97 Å². The first-order valence-corrected chi connectivity index (χ1v) is 9.83. The van der Waals surface area contributed by atoms with Gasteiger partial charge in [0, 0.05) is 0 Å². The van der Waals surface area contributed by atoms with E-state index in [0.29, 0.717) is 5.56 Å². The zero-order valence-corrected chi connectivity index (χ0v) is 13.1. The predicted molar refractivity (Wildman–Crippen MR) is 79.7 cm³/mol. The molecule has 0 saturated heterocycles. The minimum Gasteiger partial charge on any atom is -0.550 e. The summed E-state index contributed by atoms with van der Waals surface area (Å²) in [6, 6.07) is 7.51. The first kappa shape index (κ1) is 15.5. The summed E-state index contributed by atoms with van der Waals surface area (Å²) < 4.78 is 10.3. The van der Waals surface area contributed by atoms with Crippen LogP contribution in [0.5, 0.6) is 0 Å². The standard InChI is InChI=1S/C15H22O3Si/c1-17-15(16)14-10-8-13(9-11-14)7-5-6-12-18-19(2,3)4/h6,8-12H,5,7H2,1-4H3/b12-6+. The summed E-state index contributed by atoms with van der Waals surface area (Å²) in [5, 5.41) is 0. The van der Waals surface area contributed by atoms with E-state index >= 15 is 0 Å². The minimum atomic E-state index is -1.45. The normalized spacial score (nSPS) is 11.6. The molecule has 4 heteroatoms. The van der Waals surface area contributed by atoms with Gasteiger partial charge in [0.1, 0.15) is 0 Å². The van der Waals surface area contributed by atoms with Crippen molar-refractivity contribution in [3.63, 3.8) is 0 Å². The summed E-state index contributed by atoms with van der Waals surface area (Å²) >= 11 is 0. The molecule has 0 aliphatic heterocycles. The maximum atomic E-state index is 11.3. The van der Waals surface area contributed by atoms with Crippen LogP contribution in [-0.2, 0) is 15.6 Å². The Labute approximate surface area is 116 Å². The highest BCUT2D eigenvalue weighted by Gasteiger charge is 2.12. The number of carbonyl (C=O) groups excluding carboxylic acids is 1. The molecule has 0 atom stereocenters. The highest BCUT2D eigenvalue weighted by molar-refractivity contribution is 6.69. The molecule has 0 aliphatic carbocycles. The van der Waals surface area contributed by atoms with Crippen molar-refractivity contribution >= 4 is 14.3 Å². The number of allylic oxidation sites excluding steroid dienone is 1. The zero-order chi connectivity index (χ0) is 14.3. The van der Waals surface area contributed by atoms with Gasteiger partial charge in [-0.3, -0.25) is 0 Å². The third kappa shape index (κ3) is 6.24. The van der Waals surface area contributed by atoms with Crippen LogP contribution < -0.4 is 0 Å². The number of esters is 1. The lowest BCUT2D eigenvalue weighted by atomic mass is 10.1. The van der Waals surface area contributed by atoms with Crippen LogP contribution in [0.25, 0.3) is 0 Å². The third-order valence-electron chi connectivity index (χ3n) is 2.49. The van der Waals surface area contributed by atoms with Gasteiger partial charge in [0.05, 0.1) is 18.9 Å². The average Bonchev–Trinajstić information content (AvgIpc) is 2.37. The Bertz CT molecular complexity index is 430. The molecule has 0 bridgehead atoms. The average molecular weight is 278 g/mol. The van der Waals surface area contributed by atoms with Gasteiger partial charge in [-0.05, 0) is 50.2 Å². The number of aryl methyl sites for hydroxylation is 1. The van der Waals surface area contributed by atoms with E-state index in [1.54, 1.807) is 12.1 Å². The highest BCUT2D eigenvalue weighted by Crippen LogP contribution is 2.09. The number of benzene rings is 1. The topological polar surface area (TPSA) is 35.5 Å². The Morgan fingerprint density at radius 1 is 1.21 bits per heavy atom. The van der Waals surface area contributed by atoms with Gasteiger partial charge in [-0.25, -0.2) is 4.79 Å². The molecule has 1 aromatic carbocycles. The van der Waals surface area contributed by atoms with Gasteiger partial charge in [0.25, 0.3) is 0 Å². The van der Waals surface area contributed by atoms with Crippen molar-refractivity contribution in [1.29, 1.82) is 0 Å². The monoisotopic (exact) mass is 278 g/mol. The van der Waals surface area contributed by atoms with Crippen LogP contribution in [0.4, 0.5) is 0 Å². The summed E-state index contributed by atoms with van der Waals surface area (Å²) in [4.78, 5) is 11.3. The maximum absolute atomic E-state index is 11.3. The fourth-order valence-corrected chi connectivity index (χ4v) is 2.00. The van der Waals surface area contributed by atoms with Gasteiger partial charge in [-0.15, -0.1) is 0 Å². The molecular weight excluding hydrogens is 256 g/mol. The molecule has 0 radical (unpaired) electrons. The second-order valence-corrected chi connectivity index (χ2v) is 9.79. The van der Waals surface area contributed by atoms with E-state index in [9.17, 15) is 4.79 Å². The maximum Gasteiger partial charge on any atom is 0.337 e. The van der Waals surface area contributed by atoms with Crippen LogP contribution in [0.2, 0.25) is 19.6 Å². The van der Waals surface area contributed by atoms with Gasteiger partial charge in [-0.2, -0.15) is 0 Å². The Hall–Kier alpha value is -1.55. The van der Waals surface area contributed by atoms with Crippen molar-refractivity contribution in [1.82, 2.24) is 0 Å². The molecule has 1 aromatic rings. The second-order valence-electron chi connectivity index (χ2n) is 5.33. The van der Waals surface area contributed by atoms with Crippen LogP contribution in [0, 0.1) is 0 Å². The number of carbonyl (C=O) groups is 1. The van der Waals surface area contributed by atoms with Crippen LogP contribution in [0.15, 0.2) is 36.6 Å². The van der Waals surface area contributed by atoms with Crippen LogP contribution in [0.1, 0.15) is 22.3 Å². The summed E-state index contributed by atoms with van der Waals surface area (Å²) in [7, 11) is -0.0605. The van der Waals surface area contributed by atoms with Crippen molar-refractivity contribution < 1.29 is 14.0 Å². The van der Waals surface area contributed by atoms with Crippen molar-refractivity contribution in [2.75, 3.05) is 7.11 Å². The molecule has 0 heterocycles. The summed E-state index contributed by atoms with van der Waals surface area (Å²) in [6.45, 7) is 6.47. The van der Waals surface area contributed by atoms with Crippen molar-refractivity contribution in [3.05, 3.63) is 47.7 Å². The second kappa shape index (κ2) is 7.14. The number of hydrogen-bond acceptors (Lipinski definition) is 3. The number of methoxy groups -OCH3 is 1. The third-order valence-corrected chi connectivity index (χ3v) is 3.34. The van der Waals surface area contributed by atoms with Crippen molar-refractivity contribution in [2.45, 2.75) is 32.5 Å². The van der Waals surface area contributed by atoms with Gasteiger partial charge in [0.2, 0.25) is 8.32 Å². The van der Waals surface area contributed by atoms with Gasteiger partial charge >= 0.3 is 5.97 Å². The lowest BCUT2D eigenvalue weighted by molar-refractivity contribution is 0.0600. The van der Waals surface area contributed by atoms with Crippen LogP contribution in [0.3, 0.4) is 0 Å². The Morgan fingerprint density at radius 3 is 2.37 bits per heavy atom. The molecule has 19 heavy (non-hydrogen) atoms. The quantitative estimate of drug-likeness (QED) is 0.451. The Balaban J connectivity index is 2.40. The lowest BCUT2D eigenvalue weighted by Gasteiger charge is -2.14. The molecule has 0 fully saturated rings. The molecule has 0 unspecified atom stereocenters. The smallest absolute Gasteiger partial charge is 0.337 e. The fourth-order valence-electron chi connectivity index (χ4n) is 1.50. The summed E-state index contributed by atoms with van der Waals surface area (Å²) in [6.07, 6.45) is 5.73. The molecule has 0 saturated carbocycles. The Morgan fingerprint density at radius 2 is 1.84 bits per heavy atom. The highest BCUT2D eigenvalue weighted by atomic mass is 28.4. The van der Waals surface area contributed by atoms with E-state index in [2.05, 4.69) is 24.4 Å². The van der Waals surface area contributed by atoms with E-state index < -0.39 is 8.32 Å². The molecule has 1 rings (SSSR count). The predicted octanol–water partition coefficient (Wildman–Crippen LogP) is 3.77. The van der Waals surface area contributed by atoms with Gasteiger partial charge < -0.3 is 9.16 Å². The van der Waals surface area contributed by atoms with Crippen molar-refractivity contribution in [3.8, 4) is 0 Å². The molecule has 0 aromatic heterocycles. The van der Waals surface area contributed by atoms with Gasteiger partial charge in [-0.1, -0.05) is 18.2 Å². The first-order valence-electron chi connectivity index (χ1n) is 6.42. The molecule has 0 aliphatic rings. The molecule has 0 amide bonds. The number of rotatable bonds is 6. The Kier molecular flexibility index (Phi) is 5.82. The molecule has 3 nitrogen and oxygen atoms in total. The van der Waals surface area contributed by atoms with Gasteiger partial charge in [0.15, 0.2) is 0 Å². The summed E-state index contributed by atoms with van der Waals surface area (Å²) in [5.74, 6) is -0.296. The number of hydrogen-bond donors (Lipinski definition) is 0. The van der Waals surface area contributed by atoms with E-state index in [1.165, 1.54) is 12.7 Å². The largest absolute Gasteiger partial charge is 0.550 e. The first-order chi connectivity index (χ1) is 8.92.